The van der Waals surface area contributed by atoms with E-state index in [0.717, 1.165) is 16.3 Å². The van der Waals surface area contributed by atoms with E-state index in [0.29, 0.717) is 12.4 Å². The Morgan fingerprint density at radius 1 is 1.38 bits per heavy atom. The number of hydrogen-bond donors (Lipinski definition) is 2. The fraction of sp³-hybridized carbons (Fsp3) is 0.143. The average molecular weight is 300 g/mol. The van der Waals surface area contributed by atoms with E-state index in [2.05, 4.69) is 20.3 Å². The summed E-state index contributed by atoms with van der Waals surface area (Å²) >= 11 is 1.32. The zero-order valence-electron chi connectivity index (χ0n) is 10.9. The normalized spacial score (nSPS) is 17.3. The second kappa shape index (κ2) is 5.92. The van der Waals surface area contributed by atoms with Gasteiger partial charge in [0.15, 0.2) is 0 Å². The first-order valence-electron chi connectivity index (χ1n) is 6.32. The standard InChI is InChI=1S/C14H12N4O2S/c19-13(20)12-4-3-11(21-12)10-5-7-16-14(18-10)17-9-2-1-6-15-8-9/h1-3,5-8,12H,4H2,(H,19,20)(H,16,17,18). The second-order valence-electron chi connectivity index (χ2n) is 4.38. The molecule has 106 valence electrons. The van der Waals surface area contributed by atoms with E-state index >= 15 is 0 Å². The number of allylic oxidation sites excluding steroid dienone is 1. The van der Waals surface area contributed by atoms with Gasteiger partial charge in [0.2, 0.25) is 5.95 Å². The quantitative estimate of drug-likeness (QED) is 0.897. The lowest BCUT2D eigenvalue weighted by Gasteiger charge is -2.07. The molecule has 1 aliphatic heterocycles. The summed E-state index contributed by atoms with van der Waals surface area (Å²) in [5, 5.41) is 11.7. The molecule has 3 rings (SSSR count). The molecule has 7 heteroatoms. The zero-order valence-corrected chi connectivity index (χ0v) is 11.7. The highest BCUT2D eigenvalue weighted by atomic mass is 32.2. The molecule has 2 aromatic heterocycles. The summed E-state index contributed by atoms with van der Waals surface area (Å²) < 4.78 is 0. The smallest absolute Gasteiger partial charge is 0.317 e. The topological polar surface area (TPSA) is 88.0 Å². The van der Waals surface area contributed by atoms with Gasteiger partial charge in [-0.1, -0.05) is 6.08 Å². The number of thioether (sulfide) groups is 1. The van der Waals surface area contributed by atoms with Crippen molar-refractivity contribution in [3.63, 3.8) is 0 Å². The van der Waals surface area contributed by atoms with Gasteiger partial charge in [-0.25, -0.2) is 9.97 Å². The number of nitrogens with zero attached hydrogens (tertiary/aromatic N) is 3. The molecule has 0 radical (unpaired) electrons. The first kappa shape index (κ1) is 13.6. The van der Waals surface area contributed by atoms with Crippen LogP contribution < -0.4 is 5.32 Å². The van der Waals surface area contributed by atoms with Gasteiger partial charge in [0, 0.05) is 17.3 Å². The van der Waals surface area contributed by atoms with Crippen LogP contribution in [0.3, 0.4) is 0 Å². The summed E-state index contributed by atoms with van der Waals surface area (Å²) in [5.74, 6) is -0.338. The number of pyridine rings is 1. The maximum atomic E-state index is 11.0. The maximum Gasteiger partial charge on any atom is 0.317 e. The van der Waals surface area contributed by atoms with Crippen molar-refractivity contribution in [1.82, 2.24) is 15.0 Å². The van der Waals surface area contributed by atoms with Crippen molar-refractivity contribution >= 4 is 34.3 Å². The first-order valence-corrected chi connectivity index (χ1v) is 7.20. The van der Waals surface area contributed by atoms with Crippen molar-refractivity contribution in [2.24, 2.45) is 0 Å². The number of carbonyl (C=O) groups is 1. The number of rotatable bonds is 4. The first-order chi connectivity index (χ1) is 10.2. The van der Waals surface area contributed by atoms with Crippen LogP contribution in [-0.4, -0.2) is 31.3 Å². The van der Waals surface area contributed by atoms with Crippen molar-refractivity contribution in [1.29, 1.82) is 0 Å². The van der Waals surface area contributed by atoms with E-state index in [1.807, 2.05) is 18.2 Å². The van der Waals surface area contributed by atoms with Crippen LogP contribution in [0.25, 0.3) is 4.91 Å². The van der Waals surface area contributed by atoms with Crippen molar-refractivity contribution in [3.8, 4) is 0 Å². The lowest BCUT2D eigenvalue weighted by Crippen LogP contribution is -2.12. The van der Waals surface area contributed by atoms with Crippen LogP contribution >= 0.6 is 11.8 Å². The minimum absolute atomic E-state index is 0.426. The van der Waals surface area contributed by atoms with Gasteiger partial charge in [-0.2, -0.15) is 0 Å². The zero-order chi connectivity index (χ0) is 14.7. The number of anilines is 2. The Labute approximate surface area is 125 Å². The Bertz CT molecular complexity index is 690. The van der Waals surface area contributed by atoms with Crippen molar-refractivity contribution in [3.05, 3.63) is 48.6 Å². The van der Waals surface area contributed by atoms with Gasteiger partial charge < -0.3 is 10.4 Å². The summed E-state index contributed by atoms with van der Waals surface area (Å²) in [5.41, 5.74) is 1.52. The van der Waals surface area contributed by atoms with Crippen molar-refractivity contribution in [2.45, 2.75) is 11.7 Å². The summed E-state index contributed by atoms with van der Waals surface area (Å²) in [7, 11) is 0. The maximum absolute atomic E-state index is 11.0. The van der Waals surface area contributed by atoms with Crippen LogP contribution in [0.5, 0.6) is 0 Å². The second-order valence-corrected chi connectivity index (χ2v) is 5.63. The summed E-state index contributed by atoms with van der Waals surface area (Å²) in [4.78, 5) is 24.4. The molecule has 0 aliphatic carbocycles. The molecule has 1 aliphatic rings. The predicted molar refractivity (Wildman–Crippen MR) is 81.2 cm³/mol. The Hall–Kier alpha value is -2.41. The summed E-state index contributed by atoms with van der Waals surface area (Å²) in [6, 6.07) is 5.46. The number of carboxylic acid groups (broad SMARTS) is 1. The van der Waals surface area contributed by atoms with Crippen LogP contribution in [0.15, 0.2) is 42.9 Å². The molecule has 0 amide bonds. The van der Waals surface area contributed by atoms with Crippen LogP contribution in [0.2, 0.25) is 0 Å². The Morgan fingerprint density at radius 3 is 3.00 bits per heavy atom. The Kier molecular flexibility index (Phi) is 3.83. The molecule has 0 fully saturated rings. The van der Waals surface area contributed by atoms with E-state index in [-0.39, 0.29) is 0 Å². The molecule has 2 N–H and O–H groups in total. The van der Waals surface area contributed by atoms with Gasteiger partial charge in [-0.15, -0.1) is 11.8 Å². The van der Waals surface area contributed by atoms with E-state index in [4.69, 9.17) is 5.11 Å². The lowest BCUT2D eigenvalue weighted by molar-refractivity contribution is -0.136. The Balaban J connectivity index is 1.77. The van der Waals surface area contributed by atoms with Crippen LogP contribution in [-0.2, 0) is 4.79 Å². The highest BCUT2D eigenvalue weighted by Gasteiger charge is 2.25. The number of hydrogen-bond acceptors (Lipinski definition) is 6. The third-order valence-electron chi connectivity index (χ3n) is 2.89. The van der Waals surface area contributed by atoms with Gasteiger partial charge in [0.25, 0.3) is 0 Å². The molecule has 1 unspecified atom stereocenters. The lowest BCUT2D eigenvalue weighted by atomic mass is 10.2. The van der Waals surface area contributed by atoms with Gasteiger partial charge in [-0.3, -0.25) is 9.78 Å². The van der Waals surface area contributed by atoms with E-state index in [1.54, 1.807) is 24.7 Å². The van der Waals surface area contributed by atoms with Crippen LogP contribution in [0, 0.1) is 0 Å². The largest absolute Gasteiger partial charge is 0.480 e. The highest BCUT2D eigenvalue weighted by molar-refractivity contribution is 8.09. The molecule has 0 aromatic carbocycles. The molecule has 21 heavy (non-hydrogen) atoms. The van der Waals surface area contributed by atoms with Crippen molar-refractivity contribution in [2.75, 3.05) is 5.32 Å². The molecule has 0 saturated carbocycles. The van der Waals surface area contributed by atoms with Gasteiger partial charge in [0.05, 0.1) is 17.6 Å². The van der Waals surface area contributed by atoms with Gasteiger partial charge in [0.1, 0.15) is 5.25 Å². The number of aromatic nitrogens is 3. The molecular weight excluding hydrogens is 288 g/mol. The molecule has 0 spiro atoms. The number of aliphatic carboxylic acids is 1. The molecule has 0 bridgehead atoms. The minimum atomic E-state index is -0.797. The van der Waals surface area contributed by atoms with Gasteiger partial charge in [-0.05, 0) is 24.6 Å². The van der Waals surface area contributed by atoms with Crippen LogP contribution in [0.4, 0.5) is 11.6 Å². The van der Waals surface area contributed by atoms with E-state index in [9.17, 15) is 4.79 Å². The minimum Gasteiger partial charge on any atom is -0.480 e. The molecule has 1 atom stereocenters. The average Bonchev–Trinajstić information content (AvgIpc) is 2.99. The fourth-order valence-corrected chi connectivity index (χ4v) is 2.93. The molecule has 3 heterocycles. The molecule has 2 aromatic rings. The molecular formula is C14H12N4O2S. The summed E-state index contributed by atoms with van der Waals surface area (Å²) in [6.45, 7) is 0. The Morgan fingerprint density at radius 2 is 2.29 bits per heavy atom. The number of carboxylic acids is 1. The van der Waals surface area contributed by atoms with Crippen molar-refractivity contribution < 1.29 is 9.90 Å². The molecule has 6 nitrogen and oxygen atoms in total. The van der Waals surface area contributed by atoms with E-state index in [1.165, 1.54) is 11.8 Å². The third-order valence-corrected chi connectivity index (χ3v) is 4.20. The predicted octanol–water partition coefficient (Wildman–Crippen LogP) is 2.55. The van der Waals surface area contributed by atoms with Crippen LogP contribution in [0.1, 0.15) is 12.1 Å². The van der Waals surface area contributed by atoms with E-state index < -0.39 is 11.2 Å². The monoisotopic (exact) mass is 300 g/mol. The third kappa shape index (κ3) is 3.19. The molecule has 0 saturated heterocycles. The van der Waals surface area contributed by atoms with Gasteiger partial charge >= 0.3 is 5.97 Å². The fourth-order valence-electron chi connectivity index (χ4n) is 1.90. The SMILES string of the molecule is O=C(O)C1CC=C(c2ccnc(Nc3cccnc3)n2)S1. The summed E-state index contributed by atoms with van der Waals surface area (Å²) in [6.07, 6.45) is 7.44. The highest BCUT2D eigenvalue weighted by Crippen LogP contribution is 2.38. The number of nitrogens with one attached hydrogen (secondary N) is 1.